The molecule has 3 nitrogen and oxygen atoms in total. The number of rotatable bonds is 16. The van der Waals surface area contributed by atoms with Gasteiger partial charge in [-0.15, -0.1) is 0 Å². The van der Waals surface area contributed by atoms with Gasteiger partial charge in [-0.05, 0) is 31.6 Å². The maximum absolute atomic E-state index is 11.8. The molecule has 3 heteroatoms. The van der Waals surface area contributed by atoms with Gasteiger partial charge >= 0.3 is 5.97 Å². The van der Waals surface area contributed by atoms with E-state index >= 15 is 0 Å². The molecule has 0 aliphatic heterocycles. The van der Waals surface area contributed by atoms with Gasteiger partial charge in [-0.2, -0.15) is 0 Å². The lowest BCUT2D eigenvalue weighted by Gasteiger charge is -2.14. The molecule has 142 valence electrons. The fourth-order valence-corrected chi connectivity index (χ4v) is 3.07. The van der Waals surface area contributed by atoms with Gasteiger partial charge in [0.25, 0.3) is 0 Å². The molecule has 24 heavy (non-hydrogen) atoms. The zero-order chi connectivity index (χ0) is 18.2. The third-order valence-corrected chi connectivity index (χ3v) is 4.74. The zero-order valence-corrected chi connectivity index (χ0v) is 16.6. The lowest BCUT2D eigenvalue weighted by molar-refractivity contribution is -0.145. The van der Waals surface area contributed by atoms with Crippen molar-refractivity contribution in [2.45, 2.75) is 105 Å². The summed E-state index contributed by atoms with van der Waals surface area (Å²) in [6, 6.07) is 0. The maximum Gasteiger partial charge on any atom is 0.305 e. The van der Waals surface area contributed by atoms with Crippen molar-refractivity contribution >= 4 is 11.8 Å². The minimum absolute atomic E-state index is 0.0278. The second kappa shape index (κ2) is 15.7. The minimum Gasteiger partial charge on any atom is -0.465 e. The van der Waals surface area contributed by atoms with E-state index < -0.39 is 0 Å². The lowest BCUT2D eigenvalue weighted by Crippen LogP contribution is -2.13. The fraction of sp³-hybridized carbons (Fsp3) is 0.905. The highest BCUT2D eigenvalue weighted by Crippen LogP contribution is 2.16. The molecule has 0 radical (unpaired) electrons. The number of Topliss-reactive ketones (excluding diaryl/α,β-unsaturated/α-hetero) is 1. The molecule has 0 saturated heterocycles. The number of unbranched alkanes of at least 4 members (excludes halogenated alkanes) is 5. The molecule has 0 spiro atoms. The van der Waals surface area contributed by atoms with Gasteiger partial charge in [0.05, 0.1) is 6.61 Å². The van der Waals surface area contributed by atoms with E-state index in [0.29, 0.717) is 37.1 Å². The molecule has 0 heterocycles. The zero-order valence-electron chi connectivity index (χ0n) is 16.6. The van der Waals surface area contributed by atoms with Crippen LogP contribution in [0.2, 0.25) is 0 Å². The maximum atomic E-state index is 11.8. The van der Waals surface area contributed by atoms with E-state index in [9.17, 15) is 9.59 Å². The van der Waals surface area contributed by atoms with Gasteiger partial charge in [-0.25, -0.2) is 0 Å². The molecule has 0 N–H and O–H groups in total. The normalized spacial score (nSPS) is 13.5. The van der Waals surface area contributed by atoms with Crippen molar-refractivity contribution in [3.05, 3.63) is 0 Å². The quantitative estimate of drug-likeness (QED) is 0.252. The van der Waals surface area contributed by atoms with E-state index in [2.05, 4.69) is 20.8 Å². The number of hydrogen-bond donors (Lipinski definition) is 0. The Hall–Kier alpha value is -0.860. The van der Waals surface area contributed by atoms with Crippen molar-refractivity contribution < 1.29 is 14.3 Å². The number of carbonyl (C=O) groups is 2. The van der Waals surface area contributed by atoms with Crippen LogP contribution in [0.25, 0.3) is 0 Å². The molecule has 0 rings (SSSR count). The van der Waals surface area contributed by atoms with Gasteiger partial charge in [-0.1, -0.05) is 72.1 Å². The minimum atomic E-state index is -0.0278. The summed E-state index contributed by atoms with van der Waals surface area (Å²) in [5.74, 6) is 1.31. The molecule has 0 aliphatic carbocycles. The summed E-state index contributed by atoms with van der Waals surface area (Å²) in [6.45, 7) is 8.79. The first-order chi connectivity index (χ1) is 11.5. The summed E-state index contributed by atoms with van der Waals surface area (Å²) in [5.41, 5.74) is 0. The van der Waals surface area contributed by atoms with Crippen molar-refractivity contribution in [1.29, 1.82) is 0 Å². The first-order valence-electron chi connectivity index (χ1n) is 10.1. The van der Waals surface area contributed by atoms with Gasteiger partial charge in [0.15, 0.2) is 0 Å². The highest BCUT2D eigenvalue weighted by Gasteiger charge is 2.10. The fourth-order valence-electron chi connectivity index (χ4n) is 3.07. The Bertz CT molecular complexity index is 325. The van der Waals surface area contributed by atoms with Crippen molar-refractivity contribution in [3.63, 3.8) is 0 Å². The summed E-state index contributed by atoms with van der Waals surface area (Å²) in [5, 5.41) is 0. The summed E-state index contributed by atoms with van der Waals surface area (Å²) in [7, 11) is 0. The number of ether oxygens (including phenoxy) is 1. The molecular weight excluding hydrogens is 300 g/mol. The Kier molecular flexibility index (Phi) is 15.1. The topological polar surface area (TPSA) is 43.4 Å². The molecule has 2 unspecified atom stereocenters. The van der Waals surface area contributed by atoms with Crippen LogP contribution in [0, 0.1) is 11.8 Å². The molecule has 0 aromatic carbocycles. The smallest absolute Gasteiger partial charge is 0.305 e. The number of hydrogen-bond acceptors (Lipinski definition) is 3. The van der Waals surface area contributed by atoms with Gasteiger partial charge in [0, 0.05) is 12.8 Å². The molecule has 0 saturated carbocycles. The van der Waals surface area contributed by atoms with Crippen LogP contribution in [-0.2, 0) is 14.3 Å². The molecular formula is C21H40O3. The van der Waals surface area contributed by atoms with Crippen LogP contribution in [0.15, 0.2) is 0 Å². The molecule has 0 aromatic rings. The van der Waals surface area contributed by atoms with Gasteiger partial charge in [-0.3, -0.25) is 4.79 Å². The van der Waals surface area contributed by atoms with E-state index in [-0.39, 0.29) is 5.97 Å². The van der Waals surface area contributed by atoms with E-state index in [0.717, 1.165) is 25.7 Å². The SMILES string of the molecule is CCCCC(CC)COC(=O)CCCCCCCC(C)CC(C)=O. The Balaban J connectivity index is 3.50. The Labute approximate surface area is 149 Å². The Morgan fingerprint density at radius 1 is 0.917 bits per heavy atom. The van der Waals surface area contributed by atoms with E-state index in [1.54, 1.807) is 6.92 Å². The highest BCUT2D eigenvalue weighted by atomic mass is 16.5. The summed E-state index contributed by atoms with van der Waals surface area (Å²) in [6.07, 6.45) is 12.7. The van der Waals surface area contributed by atoms with Crippen LogP contribution >= 0.6 is 0 Å². The summed E-state index contributed by atoms with van der Waals surface area (Å²) >= 11 is 0. The van der Waals surface area contributed by atoms with E-state index in [1.807, 2.05) is 0 Å². The lowest BCUT2D eigenvalue weighted by atomic mass is 9.97. The molecule has 0 fully saturated rings. The van der Waals surface area contributed by atoms with Crippen LogP contribution < -0.4 is 0 Å². The predicted molar refractivity (Wildman–Crippen MR) is 101 cm³/mol. The number of esters is 1. The number of carbonyl (C=O) groups excluding carboxylic acids is 2. The third-order valence-electron chi connectivity index (χ3n) is 4.74. The second-order valence-corrected chi connectivity index (χ2v) is 7.42. The first-order valence-corrected chi connectivity index (χ1v) is 10.1. The second-order valence-electron chi connectivity index (χ2n) is 7.42. The van der Waals surface area contributed by atoms with E-state index in [1.165, 1.54) is 38.5 Å². The average Bonchev–Trinajstić information content (AvgIpc) is 2.53. The van der Waals surface area contributed by atoms with Crippen LogP contribution in [-0.4, -0.2) is 18.4 Å². The van der Waals surface area contributed by atoms with Gasteiger partial charge < -0.3 is 9.53 Å². The molecule has 0 bridgehead atoms. The van der Waals surface area contributed by atoms with Crippen LogP contribution in [0.5, 0.6) is 0 Å². The largest absolute Gasteiger partial charge is 0.465 e. The molecule has 0 amide bonds. The van der Waals surface area contributed by atoms with Crippen molar-refractivity contribution in [3.8, 4) is 0 Å². The highest BCUT2D eigenvalue weighted by molar-refractivity contribution is 5.75. The predicted octanol–water partition coefficient (Wildman–Crippen LogP) is 6.09. The van der Waals surface area contributed by atoms with Gasteiger partial charge in [0.2, 0.25) is 0 Å². The standard InChI is InChI=1S/C21H40O3/c1-5-7-14-20(6-2)17-24-21(23)15-12-10-8-9-11-13-18(3)16-19(4)22/h18,20H,5-17H2,1-4H3. The summed E-state index contributed by atoms with van der Waals surface area (Å²) < 4.78 is 5.42. The third kappa shape index (κ3) is 14.7. The van der Waals surface area contributed by atoms with Crippen LogP contribution in [0.3, 0.4) is 0 Å². The van der Waals surface area contributed by atoms with Crippen LogP contribution in [0.4, 0.5) is 0 Å². The van der Waals surface area contributed by atoms with Crippen molar-refractivity contribution in [2.75, 3.05) is 6.61 Å². The van der Waals surface area contributed by atoms with Crippen molar-refractivity contribution in [1.82, 2.24) is 0 Å². The van der Waals surface area contributed by atoms with Crippen molar-refractivity contribution in [2.24, 2.45) is 11.8 Å². The Morgan fingerprint density at radius 2 is 1.58 bits per heavy atom. The molecule has 0 aromatic heterocycles. The monoisotopic (exact) mass is 340 g/mol. The molecule has 2 atom stereocenters. The Morgan fingerprint density at radius 3 is 2.21 bits per heavy atom. The molecule has 0 aliphatic rings. The van der Waals surface area contributed by atoms with E-state index in [4.69, 9.17) is 4.74 Å². The summed E-state index contributed by atoms with van der Waals surface area (Å²) in [4.78, 5) is 22.8. The average molecular weight is 341 g/mol. The van der Waals surface area contributed by atoms with Crippen LogP contribution in [0.1, 0.15) is 105 Å². The number of ketones is 1. The van der Waals surface area contributed by atoms with Gasteiger partial charge in [0.1, 0.15) is 5.78 Å². The first kappa shape index (κ1) is 23.1.